The Kier molecular flexibility index (Phi) is 6.22. The van der Waals surface area contributed by atoms with Crippen LogP contribution in [0.1, 0.15) is 33.0 Å². The first-order chi connectivity index (χ1) is 15.6. The number of nitrogens with two attached hydrogens (primary N) is 1. The molecule has 162 valence electrons. The second-order valence-electron chi connectivity index (χ2n) is 7.49. The minimum absolute atomic E-state index is 0.0210. The molecule has 3 N–H and O–H groups in total. The number of anilines is 1. The van der Waals surface area contributed by atoms with Gasteiger partial charge in [0.2, 0.25) is 0 Å². The van der Waals surface area contributed by atoms with Crippen LogP contribution in [0.15, 0.2) is 72.8 Å². The predicted molar refractivity (Wildman–Crippen MR) is 124 cm³/mol. The lowest BCUT2D eigenvalue weighted by Gasteiger charge is -2.14. The Morgan fingerprint density at radius 3 is 2.31 bits per heavy atom. The second kappa shape index (κ2) is 9.39. The zero-order valence-electron chi connectivity index (χ0n) is 17.7. The molecule has 4 rings (SSSR count). The van der Waals surface area contributed by atoms with Crippen molar-refractivity contribution in [2.24, 2.45) is 0 Å². The molecule has 0 atom stereocenters. The summed E-state index contributed by atoms with van der Waals surface area (Å²) >= 11 is 0. The highest BCUT2D eigenvalue weighted by atomic mass is 16.5. The Balaban J connectivity index is 1.33. The molecule has 0 fully saturated rings. The zero-order valence-corrected chi connectivity index (χ0v) is 17.7. The lowest BCUT2D eigenvalue weighted by molar-refractivity contribution is 0.0600. The number of benzene rings is 3. The van der Waals surface area contributed by atoms with E-state index in [0.717, 1.165) is 5.56 Å². The molecule has 0 saturated heterocycles. The summed E-state index contributed by atoms with van der Waals surface area (Å²) in [5, 5.41) is 2.72. The van der Waals surface area contributed by atoms with E-state index in [1.54, 1.807) is 30.4 Å². The average molecular weight is 428 g/mol. The van der Waals surface area contributed by atoms with E-state index in [1.165, 1.54) is 29.4 Å². The first kappa shape index (κ1) is 21.2. The fourth-order valence-electron chi connectivity index (χ4n) is 4.00. The van der Waals surface area contributed by atoms with Crippen LogP contribution in [0.25, 0.3) is 17.2 Å². The smallest absolute Gasteiger partial charge is 0.407 e. The lowest BCUT2D eigenvalue weighted by Crippen LogP contribution is -2.26. The van der Waals surface area contributed by atoms with Gasteiger partial charge in [0.1, 0.15) is 6.61 Å². The maximum Gasteiger partial charge on any atom is 0.407 e. The Labute approximate surface area is 186 Å². The largest absolute Gasteiger partial charge is 0.465 e. The Hall–Kier alpha value is -4.06. The monoisotopic (exact) mass is 428 g/mol. The van der Waals surface area contributed by atoms with Gasteiger partial charge in [-0.25, -0.2) is 9.59 Å². The molecule has 6 nitrogen and oxygen atoms in total. The molecule has 32 heavy (non-hydrogen) atoms. The molecule has 0 heterocycles. The van der Waals surface area contributed by atoms with Gasteiger partial charge in [0.25, 0.3) is 0 Å². The number of rotatable bonds is 6. The van der Waals surface area contributed by atoms with Gasteiger partial charge < -0.3 is 20.5 Å². The fraction of sp³-hybridized carbons (Fsp3) is 0.154. The molecule has 1 aliphatic rings. The minimum atomic E-state index is -0.487. The highest BCUT2D eigenvalue weighted by molar-refractivity contribution is 5.91. The highest BCUT2D eigenvalue weighted by Crippen LogP contribution is 2.44. The zero-order chi connectivity index (χ0) is 22.5. The summed E-state index contributed by atoms with van der Waals surface area (Å²) in [4.78, 5) is 23.9. The number of nitrogens with one attached hydrogen (secondary N) is 1. The Bertz CT molecular complexity index is 1140. The van der Waals surface area contributed by atoms with Crippen LogP contribution in [-0.4, -0.2) is 32.3 Å². The molecular formula is C26H24N2O4. The van der Waals surface area contributed by atoms with Gasteiger partial charge in [-0.05, 0) is 46.0 Å². The molecule has 0 spiro atoms. The number of nitrogen functional groups attached to an aromatic ring is 1. The van der Waals surface area contributed by atoms with Gasteiger partial charge in [-0.1, -0.05) is 60.7 Å². The average Bonchev–Trinajstić information content (AvgIpc) is 3.13. The topological polar surface area (TPSA) is 90.6 Å². The highest BCUT2D eigenvalue weighted by Gasteiger charge is 2.28. The molecule has 3 aromatic rings. The lowest BCUT2D eigenvalue weighted by atomic mass is 9.98. The summed E-state index contributed by atoms with van der Waals surface area (Å²) in [7, 11) is 1.32. The van der Waals surface area contributed by atoms with Crippen LogP contribution in [0.5, 0.6) is 0 Å². The molecule has 0 aliphatic heterocycles. The third kappa shape index (κ3) is 4.49. The van der Waals surface area contributed by atoms with Gasteiger partial charge >= 0.3 is 12.1 Å². The third-order valence-electron chi connectivity index (χ3n) is 5.42. The van der Waals surface area contributed by atoms with E-state index < -0.39 is 12.1 Å². The van der Waals surface area contributed by atoms with Crippen molar-refractivity contribution in [2.45, 2.75) is 5.92 Å². The molecule has 6 heteroatoms. The van der Waals surface area contributed by atoms with E-state index in [-0.39, 0.29) is 19.1 Å². The van der Waals surface area contributed by atoms with Crippen LogP contribution >= 0.6 is 0 Å². The van der Waals surface area contributed by atoms with Crippen molar-refractivity contribution in [3.05, 3.63) is 95.1 Å². The number of fused-ring (bicyclic) bond motifs is 3. The number of carbonyl (C=O) groups excluding carboxylic acids is 2. The second-order valence-corrected chi connectivity index (χ2v) is 7.49. The van der Waals surface area contributed by atoms with Gasteiger partial charge in [0.05, 0.1) is 12.7 Å². The van der Waals surface area contributed by atoms with Crippen LogP contribution in [0.4, 0.5) is 10.5 Å². The van der Waals surface area contributed by atoms with E-state index in [4.69, 9.17) is 15.2 Å². The molecular weight excluding hydrogens is 404 g/mol. The summed E-state index contributed by atoms with van der Waals surface area (Å²) in [5.74, 6) is -0.434. The third-order valence-corrected chi connectivity index (χ3v) is 5.42. The number of amides is 1. The van der Waals surface area contributed by atoms with Gasteiger partial charge in [-0.15, -0.1) is 0 Å². The van der Waals surface area contributed by atoms with E-state index in [9.17, 15) is 9.59 Å². The summed E-state index contributed by atoms with van der Waals surface area (Å²) < 4.78 is 10.2. The number of methoxy groups -OCH3 is 1. The summed E-state index contributed by atoms with van der Waals surface area (Å²) in [6, 6.07) is 21.4. The van der Waals surface area contributed by atoms with E-state index in [1.807, 2.05) is 24.3 Å². The SMILES string of the molecule is COC(=O)c1cc(N)cc(C=CCNC(=O)OCC2c3ccccc3-c3ccccc32)c1. The van der Waals surface area contributed by atoms with Gasteiger partial charge in [-0.3, -0.25) is 0 Å². The van der Waals surface area contributed by atoms with Gasteiger partial charge in [-0.2, -0.15) is 0 Å². The van der Waals surface area contributed by atoms with Crippen LogP contribution in [0.3, 0.4) is 0 Å². The number of hydrogen-bond donors (Lipinski definition) is 2. The molecule has 1 amide bonds. The number of esters is 1. The molecule has 3 aromatic carbocycles. The van der Waals surface area contributed by atoms with E-state index >= 15 is 0 Å². The van der Waals surface area contributed by atoms with Crippen LogP contribution in [0.2, 0.25) is 0 Å². The number of ether oxygens (including phenoxy) is 2. The molecule has 1 aliphatic carbocycles. The first-order valence-electron chi connectivity index (χ1n) is 10.3. The summed E-state index contributed by atoms with van der Waals surface area (Å²) in [5.41, 5.74) is 12.1. The number of carbonyl (C=O) groups is 2. The van der Waals surface area contributed by atoms with Crippen LogP contribution in [-0.2, 0) is 9.47 Å². The minimum Gasteiger partial charge on any atom is -0.465 e. The predicted octanol–water partition coefficient (Wildman–Crippen LogP) is 4.61. The van der Waals surface area contributed by atoms with Crippen molar-refractivity contribution >= 4 is 23.8 Å². The Morgan fingerprint density at radius 1 is 1.00 bits per heavy atom. The van der Waals surface area contributed by atoms with E-state index in [2.05, 4.69) is 29.6 Å². The molecule has 0 radical (unpaired) electrons. The standard InChI is InChI=1S/C26H24N2O4/c1-31-25(29)18-13-17(14-19(27)15-18)7-6-12-28-26(30)32-16-24-22-10-4-2-8-20(22)21-9-3-5-11-23(21)24/h2-11,13-15,24H,12,16,27H2,1H3,(H,28,30). The molecule has 0 unspecified atom stereocenters. The van der Waals surface area contributed by atoms with Crippen molar-refractivity contribution in [1.29, 1.82) is 0 Å². The van der Waals surface area contributed by atoms with Crippen molar-refractivity contribution < 1.29 is 19.1 Å². The van der Waals surface area contributed by atoms with Crippen molar-refractivity contribution in [3.63, 3.8) is 0 Å². The Morgan fingerprint density at radius 2 is 1.66 bits per heavy atom. The van der Waals surface area contributed by atoms with Crippen LogP contribution < -0.4 is 11.1 Å². The van der Waals surface area contributed by atoms with Gasteiger partial charge in [0.15, 0.2) is 0 Å². The number of hydrogen-bond acceptors (Lipinski definition) is 5. The van der Waals surface area contributed by atoms with Crippen molar-refractivity contribution in [1.82, 2.24) is 5.32 Å². The normalized spacial score (nSPS) is 12.3. The van der Waals surface area contributed by atoms with Crippen molar-refractivity contribution in [2.75, 3.05) is 26.0 Å². The first-order valence-corrected chi connectivity index (χ1v) is 10.3. The number of alkyl carbamates (subject to hydrolysis) is 1. The van der Waals surface area contributed by atoms with Crippen molar-refractivity contribution in [3.8, 4) is 11.1 Å². The van der Waals surface area contributed by atoms with Gasteiger partial charge in [0, 0.05) is 18.2 Å². The molecule has 0 bridgehead atoms. The molecule has 0 aromatic heterocycles. The van der Waals surface area contributed by atoms with E-state index in [0.29, 0.717) is 11.3 Å². The summed E-state index contributed by atoms with van der Waals surface area (Å²) in [6.07, 6.45) is 3.04. The maximum atomic E-state index is 12.2. The fourth-order valence-corrected chi connectivity index (χ4v) is 4.00. The molecule has 0 saturated carbocycles. The maximum absolute atomic E-state index is 12.2. The van der Waals surface area contributed by atoms with Crippen LogP contribution in [0, 0.1) is 0 Å². The quantitative estimate of drug-likeness (QED) is 0.442. The summed E-state index contributed by atoms with van der Waals surface area (Å²) in [6.45, 7) is 0.542.